The number of nitrogens with zero attached hydrogens (tertiary/aromatic N) is 1. The molecule has 1 aliphatic rings. The molecule has 3 N–H and O–H groups in total. The maximum atomic E-state index is 11.2. The van der Waals surface area contributed by atoms with E-state index in [1.807, 2.05) is 0 Å². The zero-order chi connectivity index (χ0) is 11.4. The van der Waals surface area contributed by atoms with Crippen molar-refractivity contribution in [3.8, 4) is 0 Å². The lowest BCUT2D eigenvalue weighted by atomic mass is 10.1. The van der Waals surface area contributed by atoms with E-state index in [1.165, 1.54) is 25.5 Å². The van der Waals surface area contributed by atoms with Gasteiger partial charge < -0.3 is 4.42 Å². The Bertz CT molecular complexity index is 356. The molecule has 5 nitrogen and oxygen atoms in total. The fourth-order valence-corrected chi connectivity index (χ4v) is 2.00. The van der Waals surface area contributed by atoms with Crippen LogP contribution in [0.15, 0.2) is 16.7 Å². The number of nitrogens with one attached hydrogen (secondary N) is 1. The van der Waals surface area contributed by atoms with Gasteiger partial charge in [-0.1, -0.05) is 6.42 Å². The standard InChI is InChI=1S/C11H17N3O2/c12-13-11(15)9-6-10(16-8-9)7-14-4-2-1-3-5-14/h6,8H,1-5,7,12H2,(H,13,15). The van der Waals surface area contributed by atoms with Crippen LogP contribution in [0.1, 0.15) is 35.4 Å². The molecule has 1 aromatic rings. The fraction of sp³-hybridized carbons (Fsp3) is 0.545. The van der Waals surface area contributed by atoms with Crippen molar-refractivity contribution in [1.29, 1.82) is 0 Å². The lowest BCUT2D eigenvalue weighted by molar-refractivity contribution is 0.0953. The first-order chi connectivity index (χ1) is 7.79. The Kier molecular flexibility index (Phi) is 3.58. The summed E-state index contributed by atoms with van der Waals surface area (Å²) in [5.41, 5.74) is 2.57. The molecular weight excluding hydrogens is 206 g/mol. The van der Waals surface area contributed by atoms with Crippen LogP contribution in [0.2, 0.25) is 0 Å². The molecule has 1 saturated heterocycles. The molecule has 0 aromatic carbocycles. The molecule has 88 valence electrons. The minimum atomic E-state index is -0.311. The highest BCUT2D eigenvalue weighted by Gasteiger charge is 2.14. The molecule has 0 atom stereocenters. The van der Waals surface area contributed by atoms with E-state index in [2.05, 4.69) is 10.3 Å². The summed E-state index contributed by atoms with van der Waals surface area (Å²) in [5.74, 6) is 5.55. The van der Waals surface area contributed by atoms with Crippen molar-refractivity contribution in [3.05, 3.63) is 23.7 Å². The van der Waals surface area contributed by atoms with Crippen LogP contribution in [0.3, 0.4) is 0 Å². The molecule has 0 bridgehead atoms. The highest BCUT2D eigenvalue weighted by Crippen LogP contribution is 2.15. The Balaban J connectivity index is 1.94. The van der Waals surface area contributed by atoms with Crippen molar-refractivity contribution in [3.63, 3.8) is 0 Å². The second kappa shape index (κ2) is 5.14. The van der Waals surface area contributed by atoms with E-state index < -0.39 is 0 Å². The number of rotatable bonds is 3. The first kappa shape index (κ1) is 11.2. The Morgan fingerprint density at radius 1 is 1.44 bits per heavy atom. The number of furan rings is 1. The molecule has 2 heterocycles. The molecule has 0 unspecified atom stereocenters. The van der Waals surface area contributed by atoms with E-state index in [0.717, 1.165) is 25.4 Å². The molecule has 5 heteroatoms. The van der Waals surface area contributed by atoms with Gasteiger partial charge in [-0.15, -0.1) is 0 Å². The number of hydrazine groups is 1. The lowest BCUT2D eigenvalue weighted by Crippen LogP contribution is -2.30. The average Bonchev–Trinajstić information content (AvgIpc) is 2.78. The predicted octanol–water partition coefficient (Wildman–Crippen LogP) is 0.869. The summed E-state index contributed by atoms with van der Waals surface area (Å²) in [6.07, 6.45) is 5.25. The number of carbonyl (C=O) groups is 1. The minimum absolute atomic E-state index is 0.311. The topological polar surface area (TPSA) is 71.5 Å². The molecule has 1 fully saturated rings. The third kappa shape index (κ3) is 2.62. The third-order valence-corrected chi connectivity index (χ3v) is 2.88. The van der Waals surface area contributed by atoms with Gasteiger partial charge in [0.15, 0.2) is 0 Å². The van der Waals surface area contributed by atoms with E-state index in [1.54, 1.807) is 6.07 Å². The number of likely N-dealkylation sites (tertiary alicyclic amines) is 1. The third-order valence-electron chi connectivity index (χ3n) is 2.88. The van der Waals surface area contributed by atoms with Crippen LogP contribution in [0, 0.1) is 0 Å². The SMILES string of the molecule is NNC(=O)c1coc(CN2CCCCC2)c1. The molecule has 0 radical (unpaired) electrons. The number of carbonyl (C=O) groups excluding carboxylic acids is 1. The maximum Gasteiger partial charge on any atom is 0.268 e. The van der Waals surface area contributed by atoms with Crippen LogP contribution in [0.5, 0.6) is 0 Å². The van der Waals surface area contributed by atoms with Crippen LogP contribution >= 0.6 is 0 Å². The second-order valence-corrected chi connectivity index (χ2v) is 4.11. The molecule has 1 aromatic heterocycles. The van der Waals surface area contributed by atoms with Gasteiger partial charge in [0.2, 0.25) is 0 Å². The molecule has 1 amide bonds. The van der Waals surface area contributed by atoms with Gasteiger partial charge in [0.1, 0.15) is 12.0 Å². The van der Waals surface area contributed by atoms with Crippen LogP contribution in [0.4, 0.5) is 0 Å². The number of piperidine rings is 1. The molecule has 1 aliphatic heterocycles. The summed E-state index contributed by atoms with van der Waals surface area (Å²) in [6, 6.07) is 1.75. The summed E-state index contributed by atoms with van der Waals surface area (Å²) in [4.78, 5) is 13.5. The minimum Gasteiger partial charge on any atom is -0.467 e. The van der Waals surface area contributed by atoms with Crippen molar-refractivity contribution in [2.75, 3.05) is 13.1 Å². The van der Waals surface area contributed by atoms with Crippen LogP contribution < -0.4 is 11.3 Å². The molecule has 2 rings (SSSR count). The smallest absolute Gasteiger partial charge is 0.268 e. The van der Waals surface area contributed by atoms with Gasteiger partial charge in [-0.2, -0.15) is 0 Å². The largest absolute Gasteiger partial charge is 0.467 e. The fourth-order valence-electron chi connectivity index (χ4n) is 2.00. The number of nitrogen functional groups attached to an aromatic ring is 1. The zero-order valence-electron chi connectivity index (χ0n) is 9.24. The Morgan fingerprint density at radius 2 is 2.19 bits per heavy atom. The summed E-state index contributed by atoms with van der Waals surface area (Å²) in [7, 11) is 0. The summed E-state index contributed by atoms with van der Waals surface area (Å²) in [6.45, 7) is 3.00. The highest BCUT2D eigenvalue weighted by atomic mass is 16.3. The number of amides is 1. The molecule has 0 spiro atoms. The second-order valence-electron chi connectivity index (χ2n) is 4.11. The quantitative estimate of drug-likeness (QED) is 0.453. The van der Waals surface area contributed by atoms with Gasteiger partial charge in [-0.05, 0) is 32.0 Å². The van der Waals surface area contributed by atoms with Crippen molar-refractivity contribution >= 4 is 5.91 Å². The number of hydrogen-bond acceptors (Lipinski definition) is 4. The van der Waals surface area contributed by atoms with E-state index >= 15 is 0 Å². The van der Waals surface area contributed by atoms with Crippen LogP contribution in [0.25, 0.3) is 0 Å². The van der Waals surface area contributed by atoms with Gasteiger partial charge in [0, 0.05) is 0 Å². The van der Waals surface area contributed by atoms with Crippen molar-refractivity contribution < 1.29 is 9.21 Å². The molecule has 0 saturated carbocycles. The zero-order valence-corrected chi connectivity index (χ0v) is 9.24. The van der Waals surface area contributed by atoms with Gasteiger partial charge in [-0.3, -0.25) is 15.1 Å². The van der Waals surface area contributed by atoms with Crippen molar-refractivity contribution in [2.24, 2.45) is 5.84 Å². The Hall–Kier alpha value is -1.33. The molecule has 0 aliphatic carbocycles. The lowest BCUT2D eigenvalue weighted by Gasteiger charge is -2.25. The van der Waals surface area contributed by atoms with Gasteiger partial charge >= 0.3 is 0 Å². The van der Waals surface area contributed by atoms with Crippen molar-refractivity contribution in [2.45, 2.75) is 25.8 Å². The van der Waals surface area contributed by atoms with E-state index in [0.29, 0.717) is 5.56 Å². The summed E-state index contributed by atoms with van der Waals surface area (Å²) < 4.78 is 5.33. The highest BCUT2D eigenvalue weighted by molar-refractivity contribution is 5.93. The predicted molar refractivity (Wildman–Crippen MR) is 59.5 cm³/mol. The Labute approximate surface area is 94.6 Å². The summed E-state index contributed by atoms with van der Waals surface area (Å²) in [5, 5.41) is 0. The van der Waals surface area contributed by atoms with Crippen LogP contribution in [-0.2, 0) is 6.54 Å². The van der Waals surface area contributed by atoms with E-state index in [9.17, 15) is 4.79 Å². The average molecular weight is 223 g/mol. The first-order valence-corrected chi connectivity index (χ1v) is 5.60. The van der Waals surface area contributed by atoms with Gasteiger partial charge in [0.05, 0.1) is 12.1 Å². The van der Waals surface area contributed by atoms with Crippen molar-refractivity contribution in [1.82, 2.24) is 10.3 Å². The van der Waals surface area contributed by atoms with Gasteiger partial charge in [0.25, 0.3) is 5.91 Å². The van der Waals surface area contributed by atoms with Gasteiger partial charge in [-0.25, -0.2) is 5.84 Å². The van der Waals surface area contributed by atoms with E-state index in [-0.39, 0.29) is 5.91 Å². The summed E-state index contributed by atoms with van der Waals surface area (Å²) >= 11 is 0. The normalized spacial score (nSPS) is 17.3. The van der Waals surface area contributed by atoms with Crippen LogP contribution in [-0.4, -0.2) is 23.9 Å². The maximum absolute atomic E-state index is 11.2. The monoisotopic (exact) mass is 223 g/mol. The molecular formula is C11H17N3O2. The molecule has 16 heavy (non-hydrogen) atoms. The van der Waals surface area contributed by atoms with E-state index in [4.69, 9.17) is 10.3 Å². The number of hydrogen-bond donors (Lipinski definition) is 2. The Morgan fingerprint density at radius 3 is 2.88 bits per heavy atom. The first-order valence-electron chi connectivity index (χ1n) is 5.60. The number of nitrogens with two attached hydrogens (primary N) is 1.